The summed E-state index contributed by atoms with van der Waals surface area (Å²) in [4.78, 5) is 2.45. The van der Waals surface area contributed by atoms with Gasteiger partial charge in [0.1, 0.15) is 17.6 Å². The number of benzene rings is 2. The van der Waals surface area contributed by atoms with Crippen LogP contribution in [0.4, 0.5) is 5.69 Å². The molecule has 0 bridgehead atoms. The van der Waals surface area contributed by atoms with Crippen molar-refractivity contribution < 1.29 is 14.6 Å². The number of anilines is 1. The SMILES string of the molecule is Oc1ccc2c(c1)CCC1C3CC[C@@H]4C[C@]34C[C@H](Oc3ccc(NCCN4CCOCC4)cc3)[C@H]21. The van der Waals surface area contributed by atoms with E-state index in [2.05, 4.69) is 40.5 Å². The van der Waals surface area contributed by atoms with Crippen molar-refractivity contribution in [2.24, 2.45) is 23.2 Å². The van der Waals surface area contributed by atoms with Gasteiger partial charge in [0, 0.05) is 37.8 Å². The van der Waals surface area contributed by atoms with Gasteiger partial charge in [-0.1, -0.05) is 6.07 Å². The highest BCUT2D eigenvalue weighted by atomic mass is 16.5. The molecule has 2 aromatic rings. The summed E-state index contributed by atoms with van der Waals surface area (Å²) < 4.78 is 12.3. The molecule has 3 saturated carbocycles. The molecule has 0 amide bonds. The van der Waals surface area contributed by atoms with Crippen LogP contribution in [0.5, 0.6) is 11.5 Å². The Bertz CT molecular complexity index is 1070. The first kappa shape index (κ1) is 22.0. The van der Waals surface area contributed by atoms with Crippen molar-refractivity contribution in [2.75, 3.05) is 44.7 Å². The molecule has 2 aromatic carbocycles. The van der Waals surface area contributed by atoms with Gasteiger partial charge >= 0.3 is 0 Å². The highest BCUT2D eigenvalue weighted by Crippen LogP contribution is 2.75. The Morgan fingerprint density at radius 3 is 2.71 bits per heavy atom. The minimum atomic E-state index is 0.225. The van der Waals surface area contributed by atoms with Crippen LogP contribution in [0.25, 0.3) is 0 Å². The molecule has 0 aromatic heterocycles. The quantitative estimate of drug-likeness (QED) is 0.614. The Hall–Kier alpha value is -2.24. The standard InChI is InChI=1S/C30H38N2O3/c33-23-5-9-25-20(17-23)1-8-26-27-10-2-21-18-30(21,27)19-28(29(25)26)35-24-6-3-22(4-7-24)31-11-12-32-13-15-34-16-14-32/h3-7,9,17,21,26-29,31,33H,1-2,8,10-16,18-19H2/t21-,26?,27?,28+,29-,30-/m1/s1. The van der Waals surface area contributed by atoms with Crippen LogP contribution in [0, 0.1) is 23.2 Å². The second kappa shape index (κ2) is 8.70. The van der Waals surface area contributed by atoms with Gasteiger partial charge in [-0.3, -0.25) is 4.90 Å². The molecule has 4 aliphatic carbocycles. The van der Waals surface area contributed by atoms with Crippen LogP contribution in [0.1, 0.15) is 49.1 Å². The molecule has 5 aliphatic rings. The minimum Gasteiger partial charge on any atom is -0.508 e. The monoisotopic (exact) mass is 474 g/mol. The number of morpholine rings is 1. The first-order chi connectivity index (χ1) is 17.2. The molecule has 1 saturated heterocycles. The van der Waals surface area contributed by atoms with E-state index in [1.54, 1.807) is 0 Å². The van der Waals surface area contributed by atoms with Crippen LogP contribution in [0.15, 0.2) is 42.5 Å². The summed E-state index contributed by atoms with van der Waals surface area (Å²) in [6.07, 6.45) is 8.03. The van der Waals surface area contributed by atoms with E-state index in [4.69, 9.17) is 9.47 Å². The molecule has 4 fully saturated rings. The lowest BCUT2D eigenvalue weighted by Gasteiger charge is -2.49. The fraction of sp³-hybridized carbons (Fsp3) is 0.600. The number of rotatable bonds is 6. The minimum absolute atomic E-state index is 0.225. The average molecular weight is 475 g/mol. The number of ether oxygens (including phenoxy) is 2. The molecule has 7 rings (SSSR count). The number of aromatic hydroxyl groups is 1. The van der Waals surface area contributed by atoms with Gasteiger partial charge in [-0.2, -0.15) is 0 Å². The number of aryl methyl sites for hydroxylation is 1. The van der Waals surface area contributed by atoms with E-state index >= 15 is 0 Å². The van der Waals surface area contributed by atoms with Crippen molar-refractivity contribution >= 4 is 5.69 Å². The van der Waals surface area contributed by atoms with E-state index in [9.17, 15) is 5.11 Å². The van der Waals surface area contributed by atoms with Gasteiger partial charge in [-0.25, -0.2) is 0 Å². The fourth-order valence-electron chi connectivity index (χ4n) is 8.37. The Balaban J connectivity index is 1.07. The summed E-state index contributed by atoms with van der Waals surface area (Å²) in [6.45, 7) is 5.76. The molecule has 1 aliphatic heterocycles. The molecule has 5 heteroatoms. The van der Waals surface area contributed by atoms with Gasteiger partial charge < -0.3 is 19.9 Å². The molecular weight excluding hydrogens is 436 g/mol. The van der Waals surface area contributed by atoms with Gasteiger partial charge in [-0.15, -0.1) is 0 Å². The number of nitrogens with zero attached hydrogens (tertiary/aromatic N) is 1. The summed E-state index contributed by atoms with van der Waals surface area (Å²) in [7, 11) is 0. The third kappa shape index (κ3) is 3.92. The number of hydrogen-bond acceptors (Lipinski definition) is 5. The van der Waals surface area contributed by atoms with Crippen LogP contribution in [0.3, 0.4) is 0 Å². The van der Waals surface area contributed by atoms with E-state index in [1.165, 1.54) is 43.2 Å². The second-order valence-electron chi connectivity index (χ2n) is 11.7. The maximum atomic E-state index is 10.1. The zero-order valence-corrected chi connectivity index (χ0v) is 20.6. The zero-order valence-electron chi connectivity index (χ0n) is 20.6. The van der Waals surface area contributed by atoms with E-state index in [0.29, 0.717) is 17.1 Å². The van der Waals surface area contributed by atoms with Crippen molar-refractivity contribution in [3.8, 4) is 11.5 Å². The van der Waals surface area contributed by atoms with E-state index in [0.717, 1.165) is 75.0 Å². The van der Waals surface area contributed by atoms with Crippen LogP contribution < -0.4 is 10.1 Å². The Morgan fingerprint density at radius 2 is 1.89 bits per heavy atom. The summed E-state index contributed by atoms with van der Waals surface area (Å²) in [6, 6.07) is 14.7. The largest absolute Gasteiger partial charge is 0.508 e. The van der Waals surface area contributed by atoms with Crippen LogP contribution >= 0.6 is 0 Å². The zero-order chi connectivity index (χ0) is 23.4. The van der Waals surface area contributed by atoms with Crippen molar-refractivity contribution in [1.82, 2.24) is 4.90 Å². The molecule has 5 nitrogen and oxygen atoms in total. The highest BCUT2D eigenvalue weighted by Gasteiger charge is 2.68. The summed E-state index contributed by atoms with van der Waals surface area (Å²) >= 11 is 0. The second-order valence-corrected chi connectivity index (χ2v) is 11.7. The molecule has 186 valence electrons. The number of fused-ring (bicyclic) bond motifs is 4. The Morgan fingerprint density at radius 1 is 1.03 bits per heavy atom. The smallest absolute Gasteiger partial charge is 0.119 e. The van der Waals surface area contributed by atoms with Crippen molar-refractivity contribution in [2.45, 2.75) is 50.5 Å². The third-order valence-electron chi connectivity index (χ3n) is 10.0. The lowest BCUT2D eigenvalue weighted by Crippen LogP contribution is -2.46. The van der Waals surface area contributed by atoms with Crippen LogP contribution in [-0.2, 0) is 11.2 Å². The molecule has 1 heterocycles. The van der Waals surface area contributed by atoms with Gasteiger partial charge in [-0.05, 0) is 109 Å². The number of nitrogens with one attached hydrogen (secondary N) is 1. The maximum Gasteiger partial charge on any atom is 0.119 e. The highest BCUT2D eigenvalue weighted by molar-refractivity contribution is 5.47. The number of hydrogen-bond donors (Lipinski definition) is 2. The summed E-state index contributed by atoms with van der Waals surface area (Å²) in [5.74, 6) is 4.37. The summed E-state index contributed by atoms with van der Waals surface area (Å²) in [5, 5.41) is 13.7. The maximum absolute atomic E-state index is 10.1. The van der Waals surface area contributed by atoms with Crippen LogP contribution in [0.2, 0.25) is 0 Å². The van der Waals surface area contributed by atoms with Gasteiger partial charge in [0.05, 0.1) is 13.2 Å². The van der Waals surface area contributed by atoms with E-state index in [1.807, 2.05) is 12.1 Å². The molecule has 6 atom stereocenters. The van der Waals surface area contributed by atoms with Crippen molar-refractivity contribution in [3.05, 3.63) is 53.6 Å². The normalized spacial score (nSPS) is 35.4. The van der Waals surface area contributed by atoms with Gasteiger partial charge in [0.25, 0.3) is 0 Å². The van der Waals surface area contributed by atoms with Gasteiger partial charge in [0.2, 0.25) is 0 Å². The van der Waals surface area contributed by atoms with Crippen LogP contribution in [-0.4, -0.2) is 55.5 Å². The molecule has 35 heavy (non-hydrogen) atoms. The van der Waals surface area contributed by atoms with Gasteiger partial charge in [0.15, 0.2) is 0 Å². The topological polar surface area (TPSA) is 54.0 Å². The van der Waals surface area contributed by atoms with Crippen molar-refractivity contribution in [3.63, 3.8) is 0 Å². The molecule has 2 N–H and O–H groups in total. The first-order valence-electron chi connectivity index (χ1n) is 13.8. The number of phenolic OH excluding ortho intramolecular Hbond substituents is 1. The van der Waals surface area contributed by atoms with E-state index in [-0.39, 0.29) is 6.10 Å². The fourth-order valence-corrected chi connectivity index (χ4v) is 8.37. The Labute approximate surface area is 208 Å². The predicted octanol–water partition coefficient (Wildman–Crippen LogP) is 5.05. The molecule has 0 radical (unpaired) electrons. The number of phenols is 1. The summed E-state index contributed by atoms with van der Waals surface area (Å²) in [5.41, 5.74) is 4.48. The molecular formula is C30H38N2O3. The van der Waals surface area contributed by atoms with Crippen molar-refractivity contribution in [1.29, 1.82) is 0 Å². The predicted molar refractivity (Wildman–Crippen MR) is 137 cm³/mol. The first-order valence-corrected chi connectivity index (χ1v) is 13.8. The van der Waals surface area contributed by atoms with E-state index < -0.39 is 0 Å². The average Bonchev–Trinajstić information content (AvgIpc) is 3.45. The lowest BCUT2D eigenvalue weighted by atomic mass is 9.57. The Kier molecular flexibility index (Phi) is 5.47. The molecule has 1 spiro atoms. The third-order valence-corrected chi connectivity index (χ3v) is 10.0. The lowest BCUT2D eigenvalue weighted by molar-refractivity contribution is 0.00359. The molecule has 2 unspecified atom stereocenters.